The lowest BCUT2D eigenvalue weighted by atomic mass is 9.90. The Hall–Kier alpha value is -1.18. The number of hydrogen-bond acceptors (Lipinski definition) is 2. The van der Waals surface area contributed by atoms with Gasteiger partial charge >= 0.3 is 5.97 Å². The molecule has 2 rings (SSSR count). The molecular weight excluding hydrogens is 376 g/mol. The van der Waals surface area contributed by atoms with Crippen molar-refractivity contribution in [3.05, 3.63) is 33.1 Å². The number of aliphatic carboxylic acids is 1. The van der Waals surface area contributed by atoms with Gasteiger partial charge in [-0.05, 0) is 47.1 Å². The highest BCUT2D eigenvalue weighted by Crippen LogP contribution is 2.25. The Morgan fingerprint density at radius 1 is 1.40 bits per heavy atom. The van der Waals surface area contributed by atoms with E-state index in [1.54, 1.807) is 12.1 Å². The summed E-state index contributed by atoms with van der Waals surface area (Å²) in [6.45, 7) is 2.51. The maximum absolute atomic E-state index is 13.8. The molecule has 0 aromatic heterocycles. The van der Waals surface area contributed by atoms with Crippen LogP contribution < -0.4 is 0 Å². The van der Waals surface area contributed by atoms with Crippen LogP contribution in [0.1, 0.15) is 23.7 Å². The molecule has 4 nitrogen and oxygen atoms in total. The predicted octanol–water partition coefficient (Wildman–Crippen LogP) is 2.61. The monoisotopic (exact) mass is 391 g/mol. The van der Waals surface area contributed by atoms with Crippen molar-refractivity contribution in [1.29, 1.82) is 0 Å². The highest BCUT2D eigenvalue weighted by Gasteiger charge is 2.33. The van der Waals surface area contributed by atoms with Crippen LogP contribution in [0.3, 0.4) is 0 Å². The van der Waals surface area contributed by atoms with Crippen molar-refractivity contribution < 1.29 is 19.1 Å². The molecule has 108 valence electrons. The molecule has 2 unspecified atom stereocenters. The summed E-state index contributed by atoms with van der Waals surface area (Å²) in [6.07, 6.45) is 0.549. The van der Waals surface area contributed by atoms with E-state index in [-0.39, 0.29) is 18.0 Å². The van der Waals surface area contributed by atoms with E-state index < -0.39 is 23.6 Å². The van der Waals surface area contributed by atoms with E-state index in [0.29, 0.717) is 16.5 Å². The summed E-state index contributed by atoms with van der Waals surface area (Å²) in [7, 11) is 0. The van der Waals surface area contributed by atoms with Gasteiger partial charge in [0, 0.05) is 16.7 Å². The third kappa shape index (κ3) is 3.11. The van der Waals surface area contributed by atoms with Crippen molar-refractivity contribution in [3.63, 3.8) is 0 Å². The Bertz CT molecular complexity index is 529. The van der Waals surface area contributed by atoms with Crippen LogP contribution in [0.4, 0.5) is 4.39 Å². The van der Waals surface area contributed by atoms with Gasteiger partial charge in [-0.3, -0.25) is 9.59 Å². The smallest absolute Gasteiger partial charge is 0.308 e. The molecule has 0 spiro atoms. The van der Waals surface area contributed by atoms with Crippen LogP contribution in [0.15, 0.2) is 18.2 Å². The number of piperidine rings is 1. The first-order valence-electron chi connectivity index (χ1n) is 6.36. The zero-order valence-corrected chi connectivity index (χ0v) is 13.1. The number of rotatable bonds is 2. The number of benzene rings is 1. The van der Waals surface area contributed by atoms with Crippen LogP contribution in [0.25, 0.3) is 0 Å². The second-order valence-electron chi connectivity index (χ2n) is 5.18. The molecule has 0 bridgehead atoms. The summed E-state index contributed by atoms with van der Waals surface area (Å²) < 4.78 is 14.4. The number of hydrogen-bond donors (Lipinski definition) is 1. The normalized spacial score (nSPS) is 22.6. The number of carboxylic acid groups (broad SMARTS) is 1. The number of likely N-dealkylation sites (tertiary alicyclic amines) is 1. The van der Waals surface area contributed by atoms with Gasteiger partial charge in [0.15, 0.2) is 0 Å². The van der Waals surface area contributed by atoms with Gasteiger partial charge in [-0.2, -0.15) is 0 Å². The highest BCUT2D eigenvalue weighted by atomic mass is 127. The molecule has 20 heavy (non-hydrogen) atoms. The molecule has 0 radical (unpaired) electrons. The fraction of sp³-hybridized carbons (Fsp3) is 0.429. The Labute approximate surface area is 130 Å². The third-order valence-corrected chi connectivity index (χ3v) is 4.37. The van der Waals surface area contributed by atoms with E-state index in [1.165, 1.54) is 11.0 Å². The van der Waals surface area contributed by atoms with Crippen LogP contribution in [0, 0.1) is 21.2 Å². The number of halogens is 2. The molecule has 1 heterocycles. The number of amides is 1. The van der Waals surface area contributed by atoms with E-state index in [2.05, 4.69) is 0 Å². The van der Waals surface area contributed by atoms with Crippen molar-refractivity contribution in [1.82, 2.24) is 4.90 Å². The summed E-state index contributed by atoms with van der Waals surface area (Å²) in [5, 5.41) is 9.12. The lowest BCUT2D eigenvalue weighted by Gasteiger charge is -2.34. The minimum Gasteiger partial charge on any atom is -0.481 e. The predicted molar refractivity (Wildman–Crippen MR) is 79.9 cm³/mol. The van der Waals surface area contributed by atoms with Gasteiger partial charge in [0.25, 0.3) is 5.91 Å². The number of carboxylic acids is 1. The standard InChI is InChI=1S/C14H15FINO3/c1-8-5-9(14(19)20)7-17(6-8)13(18)12-10(15)3-2-4-11(12)16/h2-4,8-9H,5-7H2,1H3,(H,19,20). The summed E-state index contributed by atoms with van der Waals surface area (Å²) in [5.41, 5.74) is 0.0336. The minimum absolute atomic E-state index is 0.0336. The van der Waals surface area contributed by atoms with Gasteiger partial charge in [-0.25, -0.2) is 4.39 Å². The molecule has 1 amide bonds. The second kappa shape index (κ2) is 6.07. The van der Waals surface area contributed by atoms with E-state index in [4.69, 9.17) is 5.11 Å². The van der Waals surface area contributed by atoms with Crippen LogP contribution in [0.5, 0.6) is 0 Å². The SMILES string of the molecule is CC1CC(C(=O)O)CN(C(=O)c2c(F)cccc2I)C1. The summed E-state index contributed by atoms with van der Waals surface area (Å²) in [6, 6.07) is 4.46. The second-order valence-corrected chi connectivity index (χ2v) is 6.35. The lowest BCUT2D eigenvalue weighted by molar-refractivity contribution is -0.143. The fourth-order valence-electron chi connectivity index (χ4n) is 2.56. The number of nitrogens with zero attached hydrogens (tertiary/aromatic N) is 1. The average molecular weight is 391 g/mol. The van der Waals surface area contributed by atoms with Crippen molar-refractivity contribution in [3.8, 4) is 0 Å². The lowest BCUT2D eigenvalue weighted by Crippen LogP contribution is -2.46. The molecule has 1 saturated heterocycles. The molecule has 1 aromatic carbocycles. The maximum atomic E-state index is 13.8. The van der Waals surface area contributed by atoms with Crippen LogP contribution in [0.2, 0.25) is 0 Å². The molecular formula is C14H15FINO3. The van der Waals surface area contributed by atoms with Crippen LogP contribution >= 0.6 is 22.6 Å². The summed E-state index contributed by atoms with van der Waals surface area (Å²) in [4.78, 5) is 25.0. The number of carbonyl (C=O) groups excluding carboxylic acids is 1. The molecule has 2 atom stereocenters. The first-order chi connectivity index (χ1) is 9.40. The Kier molecular flexibility index (Phi) is 4.62. The van der Waals surface area contributed by atoms with Crippen molar-refractivity contribution in [2.24, 2.45) is 11.8 Å². The maximum Gasteiger partial charge on any atom is 0.308 e. The van der Waals surface area contributed by atoms with Crippen molar-refractivity contribution >= 4 is 34.5 Å². The summed E-state index contributed by atoms with van der Waals surface area (Å²) in [5.74, 6) is -2.37. The van der Waals surface area contributed by atoms with Gasteiger partial charge < -0.3 is 10.0 Å². The van der Waals surface area contributed by atoms with Crippen LogP contribution in [-0.4, -0.2) is 35.0 Å². The molecule has 1 aromatic rings. The third-order valence-electron chi connectivity index (χ3n) is 3.47. The van der Waals surface area contributed by atoms with E-state index in [1.807, 2.05) is 29.5 Å². The molecule has 0 aliphatic carbocycles. The minimum atomic E-state index is -0.905. The first kappa shape index (κ1) is 15.2. The average Bonchev–Trinajstić information content (AvgIpc) is 2.37. The van der Waals surface area contributed by atoms with E-state index in [9.17, 15) is 14.0 Å². The Balaban J connectivity index is 2.26. The van der Waals surface area contributed by atoms with Gasteiger partial charge in [-0.1, -0.05) is 13.0 Å². The van der Waals surface area contributed by atoms with Gasteiger partial charge in [0.2, 0.25) is 0 Å². The van der Waals surface area contributed by atoms with Gasteiger partial charge in [0.1, 0.15) is 5.82 Å². The molecule has 1 aliphatic heterocycles. The largest absolute Gasteiger partial charge is 0.481 e. The molecule has 1 N–H and O–H groups in total. The molecule has 6 heteroatoms. The molecule has 0 saturated carbocycles. The van der Waals surface area contributed by atoms with Crippen molar-refractivity contribution in [2.45, 2.75) is 13.3 Å². The van der Waals surface area contributed by atoms with Crippen molar-refractivity contribution in [2.75, 3.05) is 13.1 Å². The number of carbonyl (C=O) groups is 2. The molecule has 1 fully saturated rings. The van der Waals surface area contributed by atoms with Crippen LogP contribution in [-0.2, 0) is 4.79 Å². The van der Waals surface area contributed by atoms with Gasteiger partial charge in [0.05, 0.1) is 11.5 Å². The zero-order valence-electron chi connectivity index (χ0n) is 11.0. The fourth-order valence-corrected chi connectivity index (χ4v) is 3.25. The zero-order chi connectivity index (χ0) is 14.9. The van der Waals surface area contributed by atoms with E-state index >= 15 is 0 Å². The molecule has 1 aliphatic rings. The Morgan fingerprint density at radius 3 is 2.70 bits per heavy atom. The van der Waals surface area contributed by atoms with E-state index in [0.717, 1.165) is 0 Å². The summed E-state index contributed by atoms with van der Waals surface area (Å²) >= 11 is 1.92. The van der Waals surface area contributed by atoms with Gasteiger partial charge in [-0.15, -0.1) is 0 Å². The highest BCUT2D eigenvalue weighted by molar-refractivity contribution is 14.1. The Morgan fingerprint density at radius 2 is 2.10 bits per heavy atom. The topological polar surface area (TPSA) is 57.6 Å². The quantitative estimate of drug-likeness (QED) is 0.789. The first-order valence-corrected chi connectivity index (χ1v) is 7.44.